The number of hydrogen-bond acceptors (Lipinski definition) is 5. The first kappa shape index (κ1) is 16.4. The Morgan fingerprint density at radius 3 is 2.29 bits per heavy atom. The highest BCUT2D eigenvalue weighted by atomic mass is 32.2. The van der Waals surface area contributed by atoms with Gasteiger partial charge < -0.3 is 0 Å². The average molecular weight is 266 g/mol. The zero-order valence-electron chi connectivity index (χ0n) is 10.8. The third-order valence-electron chi connectivity index (χ3n) is 2.45. The molecule has 0 radical (unpaired) electrons. The van der Waals surface area contributed by atoms with E-state index in [1.165, 1.54) is 6.42 Å². The molecule has 0 aliphatic rings. The molecule has 0 heterocycles. The van der Waals surface area contributed by atoms with Crippen molar-refractivity contribution in [3.63, 3.8) is 0 Å². The van der Waals surface area contributed by atoms with E-state index in [2.05, 4.69) is 16.1 Å². The molecule has 0 aliphatic heterocycles. The lowest BCUT2D eigenvalue weighted by Crippen LogP contribution is -2.21. The standard InChI is InChI=1S/C11H22O5S/c1-4-5-6-7-8-9-10(2)17(13,14)16-15-11(3)12/h10H,4-9H2,1-3H3. The molecule has 6 heteroatoms. The van der Waals surface area contributed by atoms with Gasteiger partial charge in [0.1, 0.15) is 0 Å². The summed E-state index contributed by atoms with van der Waals surface area (Å²) in [5.74, 6) is -0.774. The van der Waals surface area contributed by atoms with E-state index in [1.807, 2.05) is 0 Å². The SMILES string of the molecule is CCCCCCCC(C)S(=O)(=O)OOC(C)=O. The van der Waals surface area contributed by atoms with Crippen LogP contribution in [0.25, 0.3) is 0 Å². The van der Waals surface area contributed by atoms with Crippen LogP contribution in [0.5, 0.6) is 0 Å². The van der Waals surface area contributed by atoms with Crippen LogP contribution in [0, 0.1) is 0 Å². The average Bonchev–Trinajstić information content (AvgIpc) is 2.26. The van der Waals surface area contributed by atoms with E-state index >= 15 is 0 Å². The van der Waals surface area contributed by atoms with Gasteiger partial charge in [-0.05, 0) is 13.3 Å². The fraction of sp³-hybridized carbons (Fsp3) is 0.909. The summed E-state index contributed by atoms with van der Waals surface area (Å²) in [7, 11) is -3.79. The van der Waals surface area contributed by atoms with Gasteiger partial charge in [-0.25, -0.2) is 4.79 Å². The van der Waals surface area contributed by atoms with E-state index in [1.54, 1.807) is 6.92 Å². The Labute approximate surface area is 104 Å². The van der Waals surface area contributed by atoms with Crippen molar-refractivity contribution in [1.82, 2.24) is 0 Å². The second-order valence-corrected chi connectivity index (χ2v) is 6.08. The van der Waals surface area contributed by atoms with Gasteiger partial charge in [-0.1, -0.05) is 43.4 Å². The Morgan fingerprint density at radius 1 is 1.18 bits per heavy atom. The lowest BCUT2D eigenvalue weighted by Gasteiger charge is -2.10. The second-order valence-electron chi connectivity index (χ2n) is 4.15. The highest BCUT2D eigenvalue weighted by Crippen LogP contribution is 2.14. The molecule has 0 N–H and O–H groups in total. The Bertz CT molecular complexity index is 310. The summed E-state index contributed by atoms with van der Waals surface area (Å²) in [6, 6.07) is 0. The van der Waals surface area contributed by atoms with Crippen LogP contribution in [0.3, 0.4) is 0 Å². The molecule has 102 valence electrons. The van der Waals surface area contributed by atoms with Crippen LogP contribution >= 0.6 is 0 Å². The van der Waals surface area contributed by atoms with E-state index in [0.29, 0.717) is 6.42 Å². The predicted molar refractivity (Wildman–Crippen MR) is 64.6 cm³/mol. The van der Waals surface area contributed by atoms with Crippen molar-refractivity contribution in [3.05, 3.63) is 0 Å². The molecule has 0 aromatic carbocycles. The van der Waals surface area contributed by atoms with Crippen molar-refractivity contribution < 1.29 is 22.4 Å². The highest BCUT2D eigenvalue weighted by molar-refractivity contribution is 7.87. The third kappa shape index (κ3) is 8.15. The van der Waals surface area contributed by atoms with E-state index in [0.717, 1.165) is 32.6 Å². The van der Waals surface area contributed by atoms with Crippen molar-refractivity contribution >= 4 is 16.1 Å². The van der Waals surface area contributed by atoms with Gasteiger partial charge >= 0.3 is 16.1 Å². The molecule has 0 aliphatic carbocycles. The van der Waals surface area contributed by atoms with E-state index in [4.69, 9.17) is 0 Å². The van der Waals surface area contributed by atoms with Crippen LogP contribution in [-0.4, -0.2) is 19.6 Å². The Balaban J connectivity index is 3.87. The number of hydrogen-bond donors (Lipinski definition) is 0. The molecule has 1 unspecified atom stereocenters. The molecule has 0 bridgehead atoms. The van der Waals surface area contributed by atoms with E-state index in [-0.39, 0.29) is 0 Å². The first-order valence-electron chi connectivity index (χ1n) is 6.00. The van der Waals surface area contributed by atoms with Crippen LogP contribution in [-0.2, 0) is 24.1 Å². The minimum Gasteiger partial charge on any atom is -0.282 e. The molecule has 5 nitrogen and oxygen atoms in total. The fourth-order valence-electron chi connectivity index (χ4n) is 1.34. The fourth-order valence-corrected chi connectivity index (χ4v) is 2.12. The quantitative estimate of drug-likeness (QED) is 0.364. The molecule has 0 amide bonds. The lowest BCUT2D eigenvalue weighted by molar-refractivity contribution is -0.208. The summed E-state index contributed by atoms with van der Waals surface area (Å²) in [4.78, 5) is 14.5. The minimum absolute atomic E-state index is 0.521. The van der Waals surface area contributed by atoms with E-state index < -0.39 is 21.3 Å². The number of unbranched alkanes of at least 4 members (excludes halogenated alkanes) is 4. The summed E-state index contributed by atoms with van der Waals surface area (Å²) in [5.41, 5.74) is 0. The smallest absolute Gasteiger partial charge is 0.282 e. The van der Waals surface area contributed by atoms with Gasteiger partial charge in [0, 0.05) is 6.92 Å². The van der Waals surface area contributed by atoms with Gasteiger partial charge in [-0.3, -0.25) is 4.89 Å². The Kier molecular flexibility index (Phi) is 8.16. The van der Waals surface area contributed by atoms with Crippen molar-refractivity contribution in [2.45, 2.75) is 64.5 Å². The summed E-state index contributed by atoms with van der Waals surface area (Å²) < 4.78 is 27.1. The maximum Gasteiger partial charge on any atom is 0.340 e. The second kappa shape index (κ2) is 8.47. The van der Waals surface area contributed by atoms with Gasteiger partial charge in [0.2, 0.25) is 0 Å². The molecular formula is C11H22O5S. The number of rotatable bonds is 9. The molecule has 0 spiro atoms. The van der Waals surface area contributed by atoms with Crippen LogP contribution in [0.15, 0.2) is 0 Å². The maximum absolute atomic E-state index is 11.5. The van der Waals surface area contributed by atoms with Gasteiger partial charge in [-0.15, -0.1) is 0 Å². The summed E-state index contributed by atoms with van der Waals surface area (Å²) in [5, 5.41) is -0.650. The zero-order valence-corrected chi connectivity index (χ0v) is 11.6. The topological polar surface area (TPSA) is 69.7 Å². The normalized spacial score (nSPS) is 13.4. The first-order chi connectivity index (χ1) is 7.90. The molecule has 17 heavy (non-hydrogen) atoms. The molecule has 1 atom stereocenters. The number of carbonyl (C=O) groups excluding carboxylic acids is 1. The number of carbonyl (C=O) groups is 1. The molecule has 0 aromatic rings. The predicted octanol–water partition coefficient (Wildman–Crippen LogP) is 2.56. The van der Waals surface area contributed by atoms with Crippen LogP contribution in [0.2, 0.25) is 0 Å². The van der Waals surface area contributed by atoms with Gasteiger partial charge in [0.05, 0.1) is 5.25 Å². The monoisotopic (exact) mass is 266 g/mol. The molecule has 0 rings (SSSR count). The lowest BCUT2D eigenvalue weighted by atomic mass is 10.1. The van der Waals surface area contributed by atoms with Crippen LogP contribution < -0.4 is 0 Å². The van der Waals surface area contributed by atoms with Crippen molar-refractivity contribution in [1.29, 1.82) is 0 Å². The van der Waals surface area contributed by atoms with Gasteiger partial charge in [-0.2, -0.15) is 8.42 Å². The molecule has 0 fully saturated rings. The third-order valence-corrected chi connectivity index (χ3v) is 3.93. The molecule has 0 saturated carbocycles. The molecule has 0 aromatic heterocycles. The van der Waals surface area contributed by atoms with Crippen LogP contribution in [0.1, 0.15) is 59.3 Å². The summed E-state index contributed by atoms with van der Waals surface area (Å²) in [6.07, 6.45) is 5.82. The highest BCUT2D eigenvalue weighted by Gasteiger charge is 2.23. The van der Waals surface area contributed by atoms with Crippen molar-refractivity contribution in [3.8, 4) is 0 Å². The molecule has 0 saturated heterocycles. The van der Waals surface area contributed by atoms with Crippen LogP contribution in [0.4, 0.5) is 0 Å². The summed E-state index contributed by atoms with van der Waals surface area (Å²) in [6.45, 7) is 4.77. The van der Waals surface area contributed by atoms with Crippen molar-refractivity contribution in [2.24, 2.45) is 0 Å². The maximum atomic E-state index is 11.5. The largest absolute Gasteiger partial charge is 0.340 e. The first-order valence-corrected chi connectivity index (χ1v) is 7.47. The Morgan fingerprint density at radius 2 is 1.76 bits per heavy atom. The van der Waals surface area contributed by atoms with E-state index in [9.17, 15) is 13.2 Å². The minimum atomic E-state index is -3.79. The van der Waals surface area contributed by atoms with Gasteiger partial charge in [0.25, 0.3) is 0 Å². The molecular weight excluding hydrogens is 244 g/mol. The van der Waals surface area contributed by atoms with Gasteiger partial charge in [0.15, 0.2) is 0 Å². The van der Waals surface area contributed by atoms with Crippen molar-refractivity contribution in [2.75, 3.05) is 0 Å². The summed E-state index contributed by atoms with van der Waals surface area (Å²) >= 11 is 0. The Hall–Kier alpha value is -0.620. The zero-order chi connectivity index (χ0) is 13.3.